The summed E-state index contributed by atoms with van der Waals surface area (Å²) < 4.78 is 55.5. The summed E-state index contributed by atoms with van der Waals surface area (Å²) in [5, 5.41) is 62.5. The van der Waals surface area contributed by atoms with Gasteiger partial charge in [-0.1, -0.05) is 161 Å². The summed E-state index contributed by atoms with van der Waals surface area (Å²) >= 11 is 0. The Kier molecular flexibility index (Phi) is 28.4. The van der Waals surface area contributed by atoms with Gasteiger partial charge in [0, 0.05) is 52.3 Å². The molecule has 0 aliphatic heterocycles. The zero-order chi connectivity index (χ0) is 79.0. The number of aromatic nitrogens is 3. The number of methoxy groups -OCH3 is 3. The molecule has 1 saturated carbocycles. The number of aliphatic hydroxyl groups excluding tert-OH is 6. The van der Waals surface area contributed by atoms with Gasteiger partial charge in [0.25, 0.3) is 0 Å². The van der Waals surface area contributed by atoms with E-state index in [1.165, 1.54) is 74.4 Å². The molecule has 1 fully saturated rings. The number of halogens is 3. The third-order valence-electron chi connectivity index (χ3n) is 21.2. The van der Waals surface area contributed by atoms with E-state index in [0.29, 0.717) is 18.8 Å². The summed E-state index contributed by atoms with van der Waals surface area (Å²) in [6.45, 7) is 8.40. The predicted molar refractivity (Wildman–Crippen MR) is 428 cm³/mol. The van der Waals surface area contributed by atoms with E-state index in [0.717, 1.165) is 188 Å². The van der Waals surface area contributed by atoms with Gasteiger partial charge in [0.1, 0.15) is 17.5 Å². The fourth-order valence-electron chi connectivity index (χ4n) is 15.7. The van der Waals surface area contributed by atoms with Crippen LogP contribution in [0, 0.1) is 17.5 Å². The van der Waals surface area contributed by atoms with Crippen molar-refractivity contribution in [1.29, 1.82) is 0 Å². The number of pyridine rings is 3. The standard InChI is InChI=1S/C31H32FNO4.C31H36FNO4.C31H34FNO4/c1-37-28(36)18-24(35)17-23(34)15-16-27-29(20-11-13-22(32)14-12-20)26-8-4-6-19-5-2-3-7-25(19)31(26)33-30(27)21-9-10-21;2*1-19(2)30-27(16-15-23(34)17-24(35)18-28(36)37-3)29(21-11-13-22(32)14-12-21)26-10-6-8-20-7-4-5-9-25(20)31(26)33-30/h2-3,5,7,11-16,21,23-24,34-35H,4,6,8-10,17-18H2,1H3;4-5,7,9,11-14,19,23-24,34-35H,6,8,10,15-18H2,1-3H3;4-5,7,9,11-16,19,23-24,34-35H,6,8,10,17-18H2,1-3H3/b16-15+;;16-15+/t3*23-,24-/m111/s1. The van der Waals surface area contributed by atoms with Crippen LogP contribution in [0.1, 0.15) is 190 Å². The van der Waals surface area contributed by atoms with E-state index in [2.05, 4.69) is 96.5 Å². The van der Waals surface area contributed by atoms with Gasteiger partial charge in [-0.25, -0.2) is 13.2 Å². The molecule has 6 aromatic carbocycles. The Morgan fingerprint density at radius 2 is 0.784 bits per heavy atom. The first-order chi connectivity index (χ1) is 53.5. The van der Waals surface area contributed by atoms with E-state index in [9.17, 15) is 58.2 Å². The fourth-order valence-corrected chi connectivity index (χ4v) is 15.7. The normalized spacial score (nSPS) is 15.2. The monoisotopic (exact) mass is 1510 g/mol. The second-order valence-corrected chi connectivity index (χ2v) is 30.1. The highest BCUT2D eigenvalue weighted by molar-refractivity contribution is 5.88. The van der Waals surface area contributed by atoms with Crippen molar-refractivity contribution in [2.75, 3.05) is 21.3 Å². The largest absolute Gasteiger partial charge is 0.469 e. The second kappa shape index (κ2) is 38.4. The number of hydrogen-bond acceptors (Lipinski definition) is 15. The van der Waals surface area contributed by atoms with Crippen molar-refractivity contribution in [2.45, 2.75) is 204 Å². The molecule has 15 nitrogen and oxygen atoms in total. The van der Waals surface area contributed by atoms with Crippen LogP contribution in [0.2, 0.25) is 0 Å². The number of nitrogens with zero attached hydrogens (tertiary/aromatic N) is 3. The fraction of sp³-hybridized carbons (Fsp3) is 0.376. The van der Waals surface area contributed by atoms with Crippen LogP contribution in [0.25, 0.3) is 79.3 Å². The summed E-state index contributed by atoms with van der Waals surface area (Å²) in [7, 11) is 3.81. The highest BCUT2D eigenvalue weighted by Crippen LogP contribution is 2.49. The molecule has 0 unspecified atom stereocenters. The van der Waals surface area contributed by atoms with Crippen LogP contribution in [0.15, 0.2) is 158 Å². The molecule has 0 amide bonds. The number of carbonyl (C=O) groups is 3. The average Bonchev–Trinajstić information content (AvgIpc) is 1.75. The SMILES string of the molecule is COC(=O)C[C@H](O)C[C@H](O)/C=C/c1c(C(C)C)nc2c(c1-c1ccc(F)cc1)CCCc1ccccc1-2.COC(=O)C[C@H](O)C[C@H](O)/C=C/c1c(C2CC2)nc2c(c1-c1ccc(F)cc1)CCCc1ccccc1-2.COC(=O)C[C@H](O)C[C@H](O)CCc1c(C(C)C)nc2c(c1-c1ccc(F)cc1)CCCc1ccccc1-2. The van der Waals surface area contributed by atoms with Crippen molar-refractivity contribution < 1.29 is 72.4 Å². The van der Waals surface area contributed by atoms with Gasteiger partial charge in [0.05, 0.1) is 106 Å². The zero-order valence-electron chi connectivity index (χ0n) is 64.4. The number of hydrogen-bond donors (Lipinski definition) is 6. The van der Waals surface area contributed by atoms with Crippen molar-refractivity contribution in [3.63, 3.8) is 0 Å². The molecule has 3 heterocycles. The van der Waals surface area contributed by atoms with Gasteiger partial charge < -0.3 is 44.8 Å². The summed E-state index contributed by atoms with van der Waals surface area (Å²) in [4.78, 5) is 50.1. The summed E-state index contributed by atoms with van der Waals surface area (Å²) in [5.74, 6) is -1.87. The molecule has 582 valence electrons. The number of benzene rings is 6. The molecule has 111 heavy (non-hydrogen) atoms. The minimum absolute atomic E-state index is 0.000236. The van der Waals surface area contributed by atoms with Gasteiger partial charge in [-0.05, 0) is 210 Å². The van der Waals surface area contributed by atoms with Crippen molar-refractivity contribution in [2.24, 2.45) is 0 Å². The van der Waals surface area contributed by atoms with Crippen molar-refractivity contribution in [3.8, 4) is 67.2 Å². The minimum atomic E-state index is -1.02. The Hall–Kier alpha value is -9.79. The molecule has 6 N–H and O–H groups in total. The van der Waals surface area contributed by atoms with Gasteiger partial charge in [0.2, 0.25) is 0 Å². The number of aryl methyl sites for hydroxylation is 3. The summed E-state index contributed by atoms with van der Waals surface area (Å²) in [6.07, 6.45) is 12.3. The molecule has 0 spiro atoms. The Balaban J connectivity index is 0.000000165. The van der Waals surface area contributed by atoms with Gasteiger partial charge >= 0.3 is 17.9 Å². The Bertz CT molecular complexity index is 4590. The van der Waals surface area contributed by atoms with Crippen LogP contribution >= 0.6 is 0 Å². The van der Waals surface area contributed by atoms with Crippen molar-refractivity contribution in [1.82, 2.24) is 15.0 Å². The Morgan fingerprint density at radius 1 is 0.432 bits per heavy atom. The van der Waals surface area contributed by atoms with Gasteiger partial charge in [-0.2, -0.15) is 0 Å². The van der Waals surface area contributed by atoms with Crippen LogP contribution in [0.4, 0.5) is 13.2 Å². The molecule has 4 aliphatic carbocycles. The molecule has 13 rings (SSSR count). The highest BCUT2D eigenvalue weighted by Gasteiger charge is 2.34. The maximum Gasteiger partial charge on any atom is 0.308 e. The van der Waals surface area contributed by atoms with E-state index in [1.807, 2.05) is 54.6 Å². The molecule has 9 aromatic rings. The number of aliphatic hydroxyl groups is 6. The van der Waals surface area contributed by atoms with Crippen molar-refractivity contribution >= 4 is 30.1 Å². The maximum atomic E-state index is 13.9. The summed E-state index contributed by atoms with van der Waals surface area (Å²) in [5.41, 5.74) is 25.2. The van der Waals surface area contributed by atoms with Crippen molar-refractivity contribution in [3.05, 3.63) is 242 Å². The van der Waals surface area contributed by atoms with E-state index >= 15 is 0 Å². The zero-order valence-corrected chi connectivity index (χ0v) is 64.4. The molecule has 6 atom stereocenters. The first-order valence-corrected chi connectivity index (χ1v) is 38.9. The number of fused-ring (bicyclic) bond motifs is 9. The minimum Gasteiger partial charge on any atom is -0.469 e. The van der Waals surface area contributed by atoms with Crippen LogP contribution in [0.3, 0.4) is 0 Å². The molecular weight excluding hydrogens is 1410 g/mol. The summed E-state index contributed by atoms with van der Waals surface area (Å²) in [6, 6.07) is 44.9. The second-order valence-electron chi connectivity index (χ2n) is 30.1. The lowest BCUT2D eigenvalue weighted by atomic mass is 9.84. The van der Waals surface area contributed by atoms with Crippen LogP contribution in [-0.4, -0.2) is 121 Å². The van der Waals surface area contributed by atoms with Crippen LogP contribution in [-0.2, 0) is 73.5 Å². The van der Waals surface area contributed by atoms with E-state index < -0.39 is 54.5 Å². The molecule has 3 aromatic heterocycles. The average molecular weight is 1510 g/mol. The topological polar surface area (TPSA) is 239 Å². The van der Waals surface area contributed by atoms with E-state index in [-0.39, 0.29) is 67.8 Å². The molecule has 0 saturated heterocycles. The lowest BCUT2D eigenvalue weighted by Gasteiger charge is -2.24. The predicted octanol–water partition coefficient (Wildman–Crippen LogP) is 17.2. The molecular formula is C93H102F3N3O12. The molecule has 0 bridgehead atoms. The number of carbonyl (C=O) groups excluding carboxylic acids is 3. The van der Waals surface area contributed by atoms with E-state index in [4.69, 9.17) is 15.0 Å². The van der Waals surface area contributed by atoms with Crippen LogP contribution < -0.4 is 0 Å². The first-order valence-electron chi connectivity index (χ1n) is 38.9. The Morgan fingerprint density at radius 3 is 1.18 bits per heavy atom. The Labute approximate surface area is 649 Å². The molecule has 4 aliphatic rings. The molecule has 0 radical (unpaired) electrons. The number of rotatable bonds is 25. The third kappa shape index (κ3) is 20.9. The van der Waals surface area contributed by atoms with Gasteiger partial charge in [0.15, 0.2) is 0 Å². The smallest absolute Gasteiger partial charge is 0.308 e. The first kappa shape index (κ1) is 82.2. The maximum absolute atomic E-state index is 13.9. The molecule has 18 heteroatoms. The van der Waals surface area contributed by atoms with E-state index in [1.54, 1.807) is 24.3 Å². The van der Waals surface area contributed by atoms with Gasteiger partial charge in [-0.15, -0.1) is 0 Å². The lowest BCUT2D eigenvalue weighted by Crippen LogP contribution is -2.22. The lowest BCUT2D eigenvalue weighted by molar-refractivity contribution is -0.144. The third-order valence-corrected chi connectivity index (χ3v) is 21.2. The highest BCUT2D eigenvalue weighted by atomic mass is 19.1. The quantitative estimate of drug-likeness (QED) is 0.0230. The number of ether oxygens (including phenoxy) is 3. The van der Waals surface area contributed by atoms with Crippen LogP contribution in [0.5, 0.6) is 0 Å². The van der Waals surface area contributed by atoms with Gasteiger partial charge in [-0.3, -0.25) is 29.3 Å². The number of esters is 3.